The summed E-state index contributed by atoms with van der Waals surface area (Å²) in [5.74, 6) is -0.428. The summed E-state index contributed by atoms with van der Waals surface area (Å²) in [6.45, 7) is 2.14. The smallest absolute Gasteiger partial charge is 0.420 e. The van der Waals surface area contributed by atoms with E-state index in [1.54, 1.807) is 0 Å². The van der Waals surface area contributed by atoms with Gasteiger partial charge < -0.3 is 20.7 Å². The number of pyridine rings is 1. The van der Waals surface area contributed by atoms with Crippen LogP contribution in [0, 0.1) is 17.1 Å². The standard InChI is InChI=1S/C31H29F5N8OS/c32-15-8-30(6-1-7-44(30)11-15)14-45-29-41-25-20(28(42-29)43-12-16-2-3-17(13-43)40-16)10-39-24(23(25)31(34,35)36)18-4-5-21(33)26-22(18)19(9-37)27(38)46-26/h4-5,10,15-17,40H,1-3,6-8,11-14,38H2/t15-,16?,17?,30+/m1/s1. The first kappa shape index (κ1) is 29.5. The van der Waals surface area contributed by atoms with Gasteiger partial charge in [-0.2, -0.15) is 28.4 Å². The first-order valence-corrected chi connectivity index (χ1v) is 16.1. The maximum absolute atomic E-state index is 15.2. The predicted octanol–water partition coefficient (Wildman–Crippen LogP) is 5.41. The molecule has 3 N–H and O–H groups in total. The molecule has 1 aromatic carbocycles. The van der Waals surface area contributed by atoms with E-state index in [2.05, 4.69) is 25.2 Å². The third kappa shape index (κ3) is 4.64. The molecule has 3 aromatic heterocycles. The Morgan fingerprint density at radius 1 is 1.17 bits per heavy atom. The first-order valence-electron chi connectivity index (χ1n) is 15.3. The largest absolute Gasteiger partial charge is 0.461 e. The Labute approximate surface area is 264 Å². The van der Waals surface area contributed by atoms with Gasteiger partial charge in [0.15, 0.2) is 0 Å². The van der Waals surface area contributed by atoms with E-state index in [9.17, 15) is 14.0 Å². The van der Waals surface area contributed by atoms with Crippen LogP contribution in [-0.2, 0) is 6.18 Å². The molecule has 0 aliphatic carbocycles. The number of nitrogens with two attached hydrogens (primary N) is 1. The molecule has 9 nitrogen and oxygen atoms in total. The summed E-state index contributed by atoms with van der Waals surface area (Å²) in [4.78, 5) is 17.3. The third-order valence-corrected chi connectivity index (χ3v) is 10.9. The topological polar surface area (TPSA) is 116 Å². The Hall–Kier alpha value is -3.87. The minimum Gasteiger partial charge on any atom is -0.461 e. The number of halogens is 5. The average molecular weight is 657 g/mol. The molecular weight excluding hydrogens is 627 g/mol. The number of nitriles is 1. The van der Waals surface area contributed by atoms with E-state index >= 15 is 13.2 Å². The predicted molar refractivity (Wildman–Crippen MR) is 163 cm³/mol. The number of nitrogen functional groups attached to an aromatic ring is 1. The van der Waals surface area contributed by atoms with Crippen molar-refractivity contribution in [3.05, 3.63) is 35.3 Å². The van der Waals surface area contributed by atoms with Gasteiger partial charge >= 0.3 is 12.2 Å². The van der Waals surface area contributed by atoms with Crippen molar-refractivity contribution in [2.45, 2.75) is 62.1 Å². The molecular formula is C31H29F5N8OS. The Kier molecular flexibility index (Phi) is 6.79. The molecule has 46 heavy (non-hydrogen) atoms. The molecule has 4 aliphatic rings. The Balaban J connectivity index is 1.33. The van der Waals surface area contributed by atoms with Crippen LogP contribution in [-0.4, -0.2) is 76.4 Å². The number of benzene rings is 1. The lowest BCUT2D eigenvalue weighted by Crippen LogP contribution is -2.51. The Bertz CT molecular complexity index is 1920. The van der Waals surface area contributed by atoms with Crippen molar-refractivity contribution in [1.29, 1.82) is 5.26 Å². The van der Waals surface area contributed by atoms with E-state index in [4.69, 9.17) is 10.5 Å². The zero-order chi connectivity index (χ0) is 32.0. The Morgan fingerprint density at radius 3 is 2.70 bits per heavy atom. The normalized spacial score (nSPS) is 26.3. The number of hydrogen-bond donors (Lipinski definition) is 2. The zero-order valence-corrected chi connectivity index (χ0v) is 25.3. The lowest BCUT2D eigenvalue weighted by Gasteiger charge is -2.35. The molecule has 15 heteroatoms. The summed E-state index contributed by atoms with van der Waals surface area (Å²) in [5, 5.41) is 13.4. The first-order chi connectivity index (χ1) is 22.0. The van der Waals surface area contributed by atoms with Crippen LogP contribution in [0.4, 0.5) is 32.8 Å². The summed E-state index contributed by atoms with van der Waals surface area (Å²) in [6.07, 6.45) is -0.907. The highest BCUT2D eigenvalue weighted by Crippen LogP contribution is 2.47. The van der Waals surface area contributed by atoms with Gasteiger partial charge in [0, 0.05) is 55.3 Å². The van der Waals surface area contributed by atoms with Crippen molar-refractivity contribution in [3.63, 3.8) is 0 Å². The fraction of sp³-hybridized carbons (Fsp3) is 0.484. The monoisotopic (exact) mass is 656 g/mol. The highest BCUT2D eigenvalue weighted by atomic mass is 32.1. The van der Waals surface area contributed by atoms with Crippen molar-refractivity contribution in [1.82, 2.24) is 25.2 Å². The molecule has 4 aliphatic heterocycles. The van der Waals surface area contributed by atoms with Crippen LogP contribution >= 0.6 is 11.3 Å². The van der Waals surface area contributed by atoms with E-state index in [1.165, 1.54) is 12.3 Å². The molecule has 4 aromatic rings. The van der Waals surface area contributed by atoms with Crippen molar-refractivity contribution in [2.75, 3.05) is 43.4 Å². The molecule has 0 saturated carbocycles. The van der Waals surface area contributed by atoms with Gasteiger partial charge in [0.05, 0.1) is 32.4 Å². The van der Waals surface area contributed by atoms with Crippen molar-refractivity contribution in [3.8, 4) is 23.3 Å². The van der Waals surface area contributed by atoms with Gasteiger partial charge in [-0.1, -0.05) is 0 Å². The SMILES string of the molecule is N#Cc1c(N)sc2c(F)ccc(-c3ncc4c(N5CC6CCC(C5)N6)nc(OC[C@@]56CCCN5C[C@H](F)C6)nc4c3C(F)(F)F)c12. The number of nitrogens with zero attached hydrogens (tertiary/aromatic N) is 6. The molecule has 7 heterocycles. The lowest BCUT2D eigenvalue weighted by atomic mass is 9.95. The van der Waals surface area contributed by atoms with E-state index in [0.29, 0.717) is 26.1 Å². The molecule has 2 unspecified atom stereocenters. The second kappa shape index (κ2) is 10.6. The van der Waals surface area contributed by atoms with Crippen molar-refractivity contribution < 1.29 is 26.7 Å². The summed E-state index contributed by atoms with van der Waals surface area (Å²) in [7, 11) is 0. The highest BCUT2D eigenvalue weighted by Gasteiger charge is 2.49. The van der Waals surface area contributed by atoms with E-state index in [0.717, 1.165) is 43.2 Å². The Morgan fingerprint density at radius 2 is 1.96 bits per heavy atom. The van der Waals surface area contributed by atoms with E-state index < -0.39 is 40.5 Å². The van der Waals surface area contributed by atoms with Gasteiger partial charge in [-0.05, 0) is 44.4 Å². The number of alkyl halides is 4. The van der Waals surface area contributed by atoms with Crippen LogP contribution in [0.1, 0.15) is 43.2 Å². The van der Waals surface area contributed by atoms with Crippen LogP contribution in [0.25, 0.3) is 32.2 Å². The number of piperazine rings is 1. The zero-order valence-electron chi connectivity index (χ0n) is 24.5. The van der Waals surface area contributed by atoms with Gasteiger partial charge in [-0.15, -0.1) is 11.3 Å². The highest BCUT2D eigenvalue weighted by molar-refractivity contribution is 7.23. The van der Waals surface area contributed by atoms with Gasteiger partial charge in [-0.3, -0.25) is 9.88 Å². The quantitative estimate of drug-likeness (QED) is 0.272. The van der Waals surface area contributed by atoms with Gasteiger partial charge in [0.25, 0.3) is 0 Å². The van der Waals surface area contributed by atoms with Crippen LogP contribution in [0.3, 0.4) is 0 Å². The molecule has 0 spiro atoms. The molecule has 2 bridgehead atoms. The second-order valence-corrected chi connectivity index (χ2v) is 13.8. The number of anilines is 2. The maximum Gasteiger partial charge on any atom is 0.420 e. The minimum absolute atomic E-state index is 0.00500. The number of hydrogen-bond acceptors (Lipinski definition) is 10. The summed E-state index contributed by atoms with van der Waals surface area (Å²) >= 11 is 0.794. The summed E-state index contributed by atoms with van der Waals surface area (Å²) in [6, 6.07) is 4.23. The van der Waals surface area contributed by atoms with Crippen LogP contribution in [0.5, 0.6) is 6.01 Å². The summed E-state index contributed by atoms with van der Waals surface area (Å²) in [5.41, 5.74) is 3.15. The second-order valence-electron chi connectivity index (χ2n) is 12.7. The number of ether oxygens (including phenoxy) is 1. The average Bonchev–Trinajstić information content (AvgIpc) is 3.75. The van der Waals surface area contributed by atoms with Crippen molar-refractivity contribution in [2.24, 2.45) is 0 Å². The summed E-state index contributed by atoms with van der Waals surface area (Å²) < 4.78 is 81.1. The number of thiophene rings is 1. The molecule has 4 atom stereocenters. The van der Waals surface area contributed by atoms with Gasteiger partial charge in [0.1, 0.15) is 41.0 Å². The van der Waals surface area contributed by atoms with Gasteiger partial charge in [0.2, 0.25) is 0 Å². The number of fused-ring (bicyclic) bond motifs is 5. The van der Waals surface area contributed by atoms with Crippen molar-refractivity contribution >= 4 is 43.1 Å². The number of aromatic nitrogens is 3. The fourth-order valence-electron chi connectivity index (χ4n) is 7.95. The molecule has 0 radical (unpaired) electrons. The van der Waals surface area contributed by atoms with Crippen LogP contribution < -0.4 is 20.7 Å². The number of rotatable bonds is 5. The molecule has 0 amide bonds. The molecule has 240 valence electrons. The number of nitrogens with one attached hydrogen (secondary N) is 1. The third-order valence-electron chi connectivity index (χ3n) is 9.92. The van der Waals surface area contributed by atoms with Crippen LogP contribution in [0.15, 0.2) is 18.3 Å². The molecule has 8 rings (SSSR count). The van der Waals surface area contributed by atoms with E-state index in [-0.39, 0.29) is 68.5 Å². The van der Waals surface area contributed by atoms with Gasteiger partial charge in [-0.25, -0.2) is 8.78 Å². The molecule has 4 saturated heterocycles. The maximum atomic E-state index is 15.2. The van der Waals surface area contributed by atoms with Crippen LogP contribution in [0.2, 0.25) is 0 Å². The fourth-order valence-corrected chi connectivity index (χ4v) is 8.90. The minimum atomic E-state index is -4.96. The molecule has 4 fully saturated rings. The van der Waals surface area contributed by atoms with E-state index in [1.807, 2.05) is 11.0 Å². The lowest BCUT2D eigenvalue weighted by molar-refractivity contribution is -0.136.